The fourth-order valence-corrected chi connectivity index (χ4v) is 3.09. The number of pyridine rings is 1. The van der Waals surface area contributed by atoms with Crippen molar-refractivity contribution in [3.63, 3.8) is 0 Å². The normalized spacial score (nSPS) is 10.8. The number of carbonyl (C=O) groups is 1. The Morgan fingerprint density at radius 2 is 1.96 bits per heavy atom. The Bertz CT molecular complexity index is 915. The van der Waals surface area contributed by atoms with Gasteiger partial charge in [-0.15, -0.1) is 11.8 Å². The smallest absolute Gasteiger partial charge is 0.339 e. The Labute approximate surface area is 153 Å². The highest BCUT2D eigenvalue weighted by molar-refractivity contribution is 7.98. The van der Waals surface area contributed by atoms with Crippen molar-refractivity contribution < 1.29 is 9.53 Å². The first-order valence-corrected chi connectivity index (χ1v) is 9.11. The molecule has 0 atom stereocenters. The molecule has 0 unspecified atom stereocenters. The number of nitrogens with zero attached hydrogens (tertiary/aromatic N) is 1. The van der Waals surface area contributed by atoms with E-state index in [1.54, 1.807) is 36.0 Å². The van der Waals surface area contributed by atoms with Crippen LogP contribution in [0, 0.1) is 0 Å². The first kappa shape index (κ1) is 17.1. The van der Waals surface area contributed by atoms with Gasteiger partial charge in [0.05, 0.1) is 16.1 Å². The summed E-state index contributed by atoms with van der Waals surface area (Å²) in [6.07, 6.45) is 2.01. The molecule has 0 aliphatic heterocycles. The summed E-state index contributed by atoms with van der Waals surface area (Å²) in [7, 11) is 0. The molecule has 3 nitrogen and oxygen atoms in total. The molecule has 1 aromatic heterocycles. The molecule has 0 aliphatic carbocycles. The Balaban J connectivity index is 1.81. The third kappa shape index (κ3) is 3.66. The van der Waals surface area contributed by atoms with Gasteiger partial charge >= 0.3 is 5.97 Å². The molecule has 2 aromatic carbocycles. The van der Waals surface area contributed by atoms with Crippen molar-refractivity contribution in [1.29, 1.82) is 0 Å². The summed E-state index contributed by atoms with van der Waals surface area (Å²) in [6, 6.07) is 14.6. The molecule has 3 rings (SSSR count). The molecule has 0 N–H and O–H groups in total. The van der Waals surface area contributed by atoms with Crippen molar-refractivity contribution in [2.75, 3.05) is 6.26 Å². The second kappa shape index (κ2) is 7.43. The summed E-state index contributed by atoms with van der Waals surface area (Å²) in [6.45, 7) is 0.0378. The number of benzene rings is 2. The van der Waals surface area contributed by atoms with E-state index < -0.39 is 5.97 Å². The number of aromatic nitrogens is 1. The van der Waals surface area contributed by atoms with Crippen molar-refractivity contribution in [3.05, 3.63) is 69.8 Å². The molecule has 122 valence electrons. The van der Waals surface area contributed by atoms with Crippen molar-refractivity contribution in [2.45, 2.75) is 11.5 Å². The van der Waals surface area contributed by atoms with Gasteiger partial charge in [0.25, 0.3) is 0 Å². The van der Waals surface area contributed by atoms with Crippen LogP contribution in [0.3, 0.4) is 0 Å². The van der Waals surface area contributed by atoms with Gasteiger partial charge < -0.3 is 4.74 Å². The van der Waals surface area contributed by atoms with Gasteiger partial charge in [0, 0.05) is 15.8 Å². The fourth-order valence-electron chi connectivity index (χ4n) is 2.24. The standard InChI is InChI=1S/C18H13Cl2NO2S/c1-24-13-7-6-11-8-12(17(20)21-16(11)9-13)10-23-18(22)14-4-2-3-5-15(14)19/h2-9H,10H2,1H3. The van der Waals surface area contributed by atoms with E-state index in [1.807, 2.05) is 30.5 Å². The highest BCUT2D eigenvalue weighted by Gasteiger charge is 2.13. The average Bonchev–Trinajstić information content (AvgIpc) is 2.59. The number of esters is 1. The summed E-state index contributed by atoms with van der Waals surface area (Å²) < 4.78 is 5.32. The van der Waals surface area contributed by atoms with Crippen LogP contribution in [0.15, 0.2) is 53.4 Å². The quantitative estimate of drug-likeness (QED) is 0.336. The minimum atomic E-state index is -0.491. The molecular weight excluding hydrogens is 365 g/mol. The maximum absolute atomic E-state index is 12.1. The molecule has 6 heteroatoms. The number of thioether (sulfide) groups is 1. The van der Waals surface area contributed by atoms with Crippen LogP contribution in [-0.2, 0) is 11.3 Å². The predicted octanol–water partition coefficient (Wildman–Crippen LogP) is 5.62. The topological polar surface area (TPSA) is 39.2 Å². The van der Waals surface area contributed by atoms with E-state index in [4.69, 9.17) is 27.9 Å². The van der Waals surface area contributed by atoms with Crippen molar-refractivity contribution in [1.82, 2.24) is 4.98 Å². The molecule has 1 heterocycles. The molecule has 0 saturated carbocycles. The second-order valence-electron chi connectivity index (χ2n) is 5.05. The molecule has 0 spiro atoms. The van der Waals surface area contributed by atoms with Crippen LogP contribution in [-0.4, -0.2) is 17.2 Å². The second-order valence-corrected chi connectivity index (χ2v) is 6.70. The maximum Gasteiger partial charge on any atom is 0.339 e. The molecule has 0 fully saturated rings. The van der Waals surface area contributed by atoms with E-state index in [2.05, 4.69) is 4.98 Å². The van der Waals surface area contributed by atoms with Crippen LogP contribution in [0.5, 0.6) is 0 Å². The Morgan fingerprint density at radius 1 is 1.17 bits per heavy atom. The third-order valence-electron chi connectivity index (χ3n) is 3.50. The lowest BCUT2D eigenvalue weighted by atomic mass is 10.1. The number of hydrogen-bond acceptors (Lipinski definition) is 4. The molecule has 3 aromatic rings. The highest BCUT2D eigenvalue weighted by atomic mass is 35.5. The van der Waals surface area contributed by atoms with E-state index in [0.717, 1.165) is 15.8 Å². The van der Waals surface area contributed by atoms with Crippen LogP contribution < -0.4 is 0 Å². The first-order valence-electron chi connectivity index (χ1n) is 7.13. The van der Waals surface area contributed by atoms with E-state index in [-0.39, 0.29) is 6.61 Å². The van der Waals surface area contributed by atoms with Gasteiger partial charge in [-0.05, 0) is 36.6 Å². The molecule has 0 bridgehead atoms. The summed E-state index contributed by atoms with van der Waals surface area (Å²) in [4.78, 5) is 17.6. The van der Waals surface area contributed by atoms with Crippen LogP contribution in [0.1, 0.15) is 15.9 Å². The van der Waals surface area contributed by atoms with Crippen molar-refractivity contribution in [2.24, 2.45) is 0 Å². The molecule has 0 aliphatic rings. The van der Waals surface area contributed by atoms with E-state index >= 15 is 0 Å². The lowest BCUT2D eigenvalue weighted by Crippen LogP contribution is -2.06. The van der Waals surface area contributed by atoms with E-state index in [9.17, 15) is 4.79 Å². The zero-order chi connectivity index (χ0) is 17.1. The number of ether oxygens (including phenoxy) is 1. The Kier molecular flexibility index (Phi) is 5.29. The number of carbonyl (C=O) groups excluding carboxylic acids is 1. The van der Waals surface area contributed by atoms with Gasteiger partial charge in [0.2, 0.25) is 0 Å². The fraction of sp³-hybridized carbons (Fsp3) is 0.111. The van der Waals surface area contributed by atoms with Crippen LogP contribution >= 0.6 is 35.0 Å². The minimum Gasteiger partial charge on any atom is -0.457 e. The number of rotatable bonds is 4. The zero-order valence-corrected chi connectivity index (χ0v) is 15.1. The minimum absolute atomic E-state index is 0.0378. The SMILES string of the molecule is CSc1ccc2cc(COC(=O)c3ccccc3Cl)c(Cl)nc2c1. The first-order chi connectivity index (χ1) is 11.6. The highest BCUT2D eigenvalue weighted by Crippen LogP contribution is 2.25. The average molecular weight is 378 g/mol. The Morgan fingerprint density at radius 3 is 2.71 bits per heavy atom. The summed E-state index contributed by atoms with van der Waals surface area (Å²) in [5.74, 6) is -0.491. The van der Waals surface area contributed by atoms with Crippen molar-refractivity contribution >= 4 is 51.8 Å². The molecule has 24 heavy (non-hydrogen) atoms. The van der Waals surface area contributed by atoms with Gasteiger partial charge in [-0.1, -0.05) is 41.4 Å². The summed E-state index contributed by atoms with van der Waals surface area (Å²) >= 11 is 13.9. The predicted molar refractivity (Wildman–Crippen MR) is 99.1 cm³/mol. The molecular formula is C18H13Cl2NO2S. The van der Waals surface area contributed by atoms with Gasteiger partial charge in [-0.3, -0.25) is 0 Å². The van der Waals surface area contributed by atoms with Gasteiger partial charge in [0.1, 0.15) is 11.8 Å². The molecule has 0 saturated heterocycles. The van der Waals surface area contributed by atoms with E-state index in [1.165, 1.54) is 0 Å². The Hall–Kier alpha value is -1.75. The maximum atomic E-state index is 12.1. The van der Waals surface area contributed by atoms with Crippen LogP contribution in [0.4, 0.5) is 0 Å². The van der Waals surface area contributed by atoms with Crippen LogP contribution in [0.2, 0.25) is 10.2 Å². The van der Waals surface area contributed by atoms with Crippen molar-refractivity contribution in [3.8, 4) is 0 Å². The lowest BCUT2D eigenvalue weighted by Gasteiger charge is -2.09. The van der Waals surface area contributed by atoms with Gasteiger partial charge in [-0.2, -0.15) is 0 Å². The van der Waals surface area contributed by atoms with Crippen LogP contribution in [0.25, 0.3) is 10.9 Å². The number of halogens is 2. The monoisotopic (exact) mass is 377 g/mol. The lowest BCUT2D eigenvalue weighted by molar-refractivity contribution is 0.0473. The summed E-state index contributed by atoms with van der Waals surface area (Å²) in [5.41, 5.74) is 1.79. The molecule has 0 amide bonds. The number of fused-ring (bicyclic) bond motifs is 1. The number of hydrogen-bond donors (Lipinski definition) is 0. The van der Waals surface area contributed by atoms with Gasteiger partial charge in [-0.25, -0.2) is 9.78 Å². The largest absolute Gasteiger partial charge is 0.457 e. The van der Waals surface area contributed by atoms with E-state index in [0.29, 0.717) is 21.3 Å². The zero-order valence-electron chi connectivity index (χ0n) is 12.8. The third-order valence-corrected chi connectivity index (χ3v) is 4.89. The molecule has 0 radical (unpaired) electrons. The summed E-state index contributed by atoms with van der Waals surface area (Å²) in [5, 5.41) is 1.63. The van der Waals surface area contributed by atoms with Gasteiger partial charge in [0.15, 0.2) is 0 Å².